The molecule has 4 aliphatic rings. The number of quaternary nitrogens is 1. The second-order valence-electron chi connectivity index (χ2n) is 12.2. The van der Waals surface area contributed by atoms with E-state index in [2.05, 4.69) is 26.1 Å². The van der Waals surface area contributed by atoms with Crippen molar-refractivity contribution in [1.82, 2.24) is 11.5 Å². The van der Waals surface area contributed by atoms with Crippen LogP contribution in [0.15, 0.2) is 0 Å². The summed E-state index contributed by atoms with van der Waals surface area (Å²) >= 11 is 0. The highest BCUT2D eigenvalue weighted by atomic mass is 16.4. The van der Waals surface area contributed by atoms with Gasteiger partial charge in [-0.2, -0.15) is 0 Å². The third-order valence-corrected chi connectivity index (χ3v) is 10.8. The lowest BCUT2D eigenvalue weighted by Gasteiger charge is -2.63. The van der Waals surface area contributed by atoms with Crippen molar-refractivity contribution in [3.63, 3.8) is 0 Å². The summed E-state index contributed by atoms with van der Waals surface area (Å²) in [5.41, 5.74) is -0.230. The van der Waals surface area contributed by atoms with Gasteiger partial charge in [0.25, 0.3) is 0 Å². The third kappa shape index (κ3) is 4.51. The number of aliphatic carboxylic acids is 1. The van der Waals surface area contributed by atoms with Crippen LogP contribution in [0.4, 0.5) is 0 Å². The molecule has 8 nitrogen and oxygen atoms in total. The lowest BCUT2D eigenvalue weighted by Crippen LogP contribution is -2.62. The van der Waals surface area contributed by atoms with Gasteiger partial charge in [0.1, 0.15) is 0 Å². The normalized spacial score (nSPS) is 46.3. The summed E-state index contributed by atoms with van der Waals surface area (Å²) in [6, 6.07) is 0. The number of hydrogen-bond acceptors (Lipinski definition) is 6. The Balaban J connectivity index is 0.00000324. The Morgan fingerprint density at radius 1 is 1.06 bits per heavy atom. The van der Waals surface area contributed by atoms with Crippen molar-refractivity contribution in [2.24, 2.45) is 46.3 Å². The van der Waals surface area contributed by atoms with Crippen LogP contribution in [0.3, 0.4) is 0 Å². The van der Waals surface area contributed by atoms with E-state index in [1.807, 2.05) is 0 Å². The molecular weight excluding hydrogens is 436 g/mol. The van der Waals surface area contributed by atoms with Crippen LogP contribution in [0.2, 0.25) is 0 Å². The Kier molecular flexibility index (Phi) is 8.08. The Morgan fingerprint density at radius 3 is 2.44 bits per heavy atom. The minimum Gasteiger partial charge on any atom is -0.548 e. The van der Waals surface area contributed by atoms with Crippen LogP contribution in [0.25, 0.3) is 0 Å². The molecule has 4 fully saturated rings. The van der Waals surface area contributed by atoms with Gasteiger partial charge in [0.15, 0.2) is 0 Å². The van der Waals surface area contributed by atoms with Gasteiger partial charge in [0.2, 0.25) is 5.91 Å². The second kappa shape index (κ2) is 10.0. The van der Waals surface area contributed by atoms with Crippen molar-refractivity contribution in [3.8, 4) is 0 Å². The van der Waals surface area contributed by atoms with Crippen LogP contribution < -0.4 is 16.6 Å². The summed E-state index contributed by atoms with van der Waals surface area (Å²) in [5, 5.41) is 46.1. The van der Waals surface area contributed by atoms with Crippen molar-refractivity contribution in [2.75, 3.05) is 6.54 Å². The van der Waals surface area contributed by atoms with Gasteiger partial charge in [-0.3, -0.25) is 4.79 Å². The molecule has 4 saturated carbocycles. The zero-order valence-electron chi connectivity index (χ0n) is 21.3. The summed E-state index contributed by atoms with van der Waals surface area (Å²) < 4.78 is 0. The fraction of sp³-hybridized carbons (Fsp3) is 0.923. The first-order chi connectivity index (χ1) is 15.5. The van der Waals surface area contributed by atoms with Crippen molar-refractivity contribution >= 4 is 11.9 Å². The van der Waals surface area contributed by atoms with Crippen LogP contribution in [-0.4, -0.2) is 52.1 Å². The molecule has 0 aromatic heterocycles. The van der Waals surface area contributed by atoms with Crippen LogP contribution in [-0.2, 0) is 9.59 Å². The Morgan fingerprint density at radius 2 is 1.76 bits per heavy atom. The number of aliphatic hydroxyl groups excluding tert-OH is 3. The highest BCUT2D eigenvalue weighted by molar-refractivity contribution is 5.80. The summed E-state index contributed by atoms with van der Waals surface area (Å²) in [7, 11) is 0. The molecule has 0 aromatic carbocycles. The molecule has 0 aliphatic heterocycles. The zero-order valence-corrected chi connectivity index (χ0v) is 21.3. The molecule has 11 atom stereocenters. The fourth-order valence-corrected chi connectivity index (χ4v) is 8.95. The van der Waals surface area contributed by atoms with Gasteiger partial charge in [0.05, 0.1) is 30.8 Å². The lowest BCUT2D eigenvalue weighted by molar-refractivity contribution is -0.304. The van der Waals surface area contributed by atoms with Gasteiger partial charge in [-0.25, -0.2) is 0 Å². The maximum absolute atomic E-state index is 12.0. The SMILES string of the molecule is CC(CCC(=O)NCC(=O)[O-])[C@H]1CCC2C3C(C[C@H](O)[C@@]21C)[C@@]1(C)CC[C@@H](O)CC1C[C@H]3O.[NH4+]. The van der Waals surface area contributed by atoms with Gasteiger partial charge in [-0.05, 0) is 97.7 Å². The molecule has 0 aromatic rings. The first kappa shape index (κ1) is 27.4. The fourth-order valence-electron chi connectivity index (χ4n) is 8.95. The quantitative estimate of drug-likeness (QED) is 0.385. The van der Waals surface area contributed by atoms with E-state index in [0.29, 0.717) is 18.8 Å². The summed E-state index contributed by atoms with van der Waals surface area (Å²) in [6.45, 7) is 6.21. The topological polar surface area (TPSA) is 166 Å². The number of carbonyl (C=O) groups is 2. The van der Waals surface area contributed by atoms with Crippen LogP contribution in [0, 0.1) is 46.3 Å². The van der Waals surface area contributed by atoms with E-state index in [1.54, 1.807) is 0 Å². The van der Waals surface area contributed by atoms with E-state index in [0.717, 1.165) is 38.5 Å². The van der Waals surface area contributed by atoms with E-state index in [1.165, 1.54) is 0 Å². The molecule has 0 radical (unpaired) electrons. The van der Waals surface area contributed by atoms with Gasteiger partial charge in [-0.1, -0.05) is 20.8 Å². The molecule has 0 bridgehead atoms. The number of fused-ring (bicyclic) bond motifs is 5. The van der Waals surface area contributed by atoms with Crippen LogP contribution >= 0.6 is 0 Å². The third-order valence-electron chi connectivity index (χ3n) is 10.8. The number of rotatable bonds is 6. The lowest BCUT2D eigenvalue weighted by atomic mass is 9.43. The van der Waals surface area contributed by atoms with Crippen LogP contribution in [0.1, 0.15) is 78.6 Å². The molecule has 4 rings (SSSR count). The monoisotopic (exact) mass is 482 g/mol. The van der Waals surface area contributed by atoms with Gasteiger partial charge >= 0.3 is 0 Å². The largest absolute Gasteiger partial charge is 0.548 e. The van der Waals surface area contributed by atoms with Crippen molar-refractivity contribution < 1.29 is 30.0 Å². The number of amides is 1. The Labute approximate surface area is 203 Å². The van der Waals surface area contributed by atoms with Crippen molar-refractivity contribution in [1.29, 1.82) is 0 Å². The van der Waals surface area contributed by atoms with E-state index >= 15 is 0 Å². The van der Waals surface area contributed by atoms with Gasteiger partial charge < -0.3 is 36.7 Å². The predicted octanol–water partition coefficient (Wildman–Crippen LogP) is 1.61. The molecule has 4 aliphatic carbocycles. The first-order valence-corrected chi connectivity index (χ1v) is 13.0. The molecule has 1 amide bonds. The molecule has 8 heteroatoms. The van der Waals surface area contributed by atoms with E-state index in [9.17, 15) is 30.0 Å². The Hall–Kier alpha value is -1.22. The summed E-state index contributed by atoms with van der Waals surface area (Å²) in [6.07, 6.45) is 5.75. The summed E-state index contributed by atoms with van der Waals surface area (Å²) in [5.74, 6) is -0.0789. The maximum atomic E-state index is 12.0. The van der Waals surface area contributed by atoms with Crippen molar-refractivity contribution in [2.45, 2.75) is 96.9 Å². The molecule has 0 saturated heterocycles. The minimum atomic E-state index is -1.29. The predicted molar refractivity (Wildman–Crippen MR) is 126 cm³/mol. The van der Waals surface area contributed by atoms with Crippen LogP contribution in [0.5, 0.6) is 0 Å². The molecule has 8 N–H and O–H groups in total. The number of hydrogen-bond donors (Lipinski definition) is 5. The highest BCUT2D eigenvalue weighted by Gasteiger charge is 2.65. The number of carboxylic acids is 1. The standard InChI is InChI=1S/C26H43NO6.H3N/c1-14(4-7-22(31)27-13-23(32)33)17-5-6-18-24-19(12-21(30)26(17,18)3)25(2)9-8-16(28)10-15(25)11-20(24)29;/h14-21,24,28-30H,4-13H2,1-3H3,(H,27,31)(H,32,33);1H3/t14?,15?,16-,17-,18?,19?,20-,21+,24?,25+,26-;/m1./s1. The maximum Gasteiger partial charge on any atom is 0.220 e. The minimum absolute atomic E-state index is 0. The molecule has 196 valence electrons. The average molecular weight is 483 g/mol. The molecule has 5 unspecified atom stereocenters. The number of carbonyl (C=O) groups excluding carboxylic acids is 2. The van der Waals surface area contributed by atoms with Gasteiger partial charge in [-0.15, -0.1) is 0 Å². The molecule has 0 heterocycles. The number of nitrogens with one attached hydrogen (secondary N) is 1. The van der Waals surface area contributed by atoms with Crippen molar-refractivity contribution in [3.05, 3.63) is 0 Å². The van der Waals surface area contributed by atoms with E-state index in [-0.39, 0.29) is 71.1 Å². The molecular formula is C26H46N2O6. The molecule has 34 heavy (non-hydrogen) atoms. The second-order valence-corrected chi connectivity index (χ2v) is 12.2. The van der Waals surface area contributed by atoms with E-state index in [4.69, 9.17) is 0 Å². The van der Waals surface area contributed by atoms with Gasteiger partial charge in [0, 0.05) is 6.42 Å². The Bertz CT molecular complexity index is 764. The van der Waals surface area contributed by atoms with E-state index < -0.39 is 18.6 Å². The number of carboxylic acid groups (broad SMARTS) is 1. The summed E-state index contributed by atoms with van der Waals surface area (Å²) in [4.78, 5) is 22.6. The first-order valence-electron chi connectivity index (χ1n) is 13.0. The number of aliphatic hydroxyl groups is 3. The molecule has 0 spiro atoms. The smallest absolute Gasteiger partial charge is 0.220 e. The average Bonchev–Trinajstić information content (AvgIpc) is 3.11. The highest BCUT2D eigenvalue weighted by Crippen LogP contribution is 2.68. The zero-order chi connectivity index (χ0) is 24.1.